The first-order chi connectivity index (χ1) is 13.1. The van der Waals surface area contributed by atoms with Gasteiger partial charge in [0.2, 0.25) is 0 Å². The first-order valence-electron chi connectivity index (χ1n) is 11.1. The topological polar surface area (TPSA) is 80.7 Å². The minimum Gasteiger partial charge on any atom is -0.481 e. The van der Waals surface area contributed by atoms with E-state index in [0.29, 0.717) is 36.0 Å². The first kappa shape index (κ1) is 19.9. The molecule has 0 saturated heterocycles. The molecule has 1 N–H and O–H groups in total. The molecule has 4 aliphatic carbocycles. The molecule has 0 aliphatic heterocycles. The van der Waals surface area contributed by atoms with Gasteiger partial charge >= 0.3 is 11.9 Å². The number of hydrogen-bond donors (Lipinski definition) is 1. The molecule has 5 nitrogen and oxygen atoms in total. The Kier molecular flexibility index (Phi) is 4.86. The normalized spacial score (nSPS) is 48.0. The van der Waals surface area contributed by atoms with Crippen LogP contribution in [-0.2, 0) is 19.1 Å². The largest absolute Gasteiger partial charge is 0.481 e. The predicted octanol–water partition coefficient (Wildman–Crippen LogP) is 4.23. The summed E-state index contributed by atoms with van der Waals surface area (Å²) in [5.41, 5.74) is -0.769. The van der Waals surface area contributed by atoms with E-state index in [4.69, 9.17) is 4.74 Å². The standard InChI is InChI=1S/C23H34O5/c1-13(24)28-22(2)10-8-15-14(12-22)4-5-17-16(15)9-11-23(3)19(17)7-6-18(20(23)25)21(26)27/h14-19H,4-12H2,1-3H3,(H,26,27)/t14-,15+,16-,17-,18?,19+,22-,23+/m1/s1. The predicted molar refractivity (Wildman–Crippen MR) is 103 cm³/mol. The lowest BCUT2D eigenvalue weighted by molar-refractivity contribution is -0.170. The van der Waals surface area contributed by atoms with E-state index in [0.717, 1.165) is 51.4 Å². The number of hydrogen-bond acceptors (Lipinski definition) is 4. The lowest BCUT2D eigenvalue weighted by Crippen LogP contribution is -2.56. The summed E-state index contributed by atoms with van der Waals surface area (Å²) < 4.78 is 5.67. The fourth-order valence-corrected chi connectivity index (χ4v) is 7.78. The number of ether oxygens (including phenoxy) is 1. The van der Waals surface area contributed by atoms with Crippen molar-refractivity contribution in [3.05, 3.63) is 0 Å². The van der Waals surface area contributed by atoms with Crippen molar-refractivity contribution in [1.29, 1.82) is 0 Å². The molecule has 4 aliphatic rings. The van der Waals surface area contributed by atoms with E-state index in [1.165, 1.54) is 6.92 Å². The van der Waals surface area contributed by atoms with Crippen molar-refractivity contribution in [3.63, 3.8) is 0 Å². The van der Waals surface area contributed by atoms with Crippen LogP contribution in [0.15, 0.2) is 0 Å². The minimum atomic E-state index is -0.937. The van der Waals surface area contributed by atoms with Crippen LogP contribution in [0.1, 0.15) is 78.6 Å². The van der Waals surface area contributed by atoms with Gasteiger partial charge in [0.15, 0.2) is 5.78 Å². The molecule has 0 spiro atoms. The van der Waals surface area contributed by atoms with Gasteiger partial charge < -0.3 is 9.84 Å². The van der Waals surface area contributed by atoms with Crippen molar-refractivity contribution in [1.82, 2.24) is 0 Å². The molecule has 0 aromatic carbocycles. The molecule has 5 heteroatoms. The summed E-state index contributed by atoms with van der Waals surface area (Å²) in [7, 11) is 0. The van der Waals surface area contributed by atoms with E-state index >= 15 is 0 Å². The summed E-state index contributed by atoms with van der Waals surface area (Å²) >= 11 is 0. The third kappa shape index (κ3) is 3.09. The number of aliphatic carboxylic acids is 1. The summed E-state index contributed by atoms with van der Waals surface area (Å²) in [5, 5.41) is 9.45. The van der Waals surface area contributed by atoms with E-state index in [1.54, 1.807) is 0 Å². The second-order valence-corrected chi connectivity index (χ2v) is 10.5. The Morgan fingerprint density at radius 3 is 2.36 bits per heavy atom. The van der Waals surface area contributed by atoms with Gasteiger partial charge in [-0.15, -0.1) is 0 Å². The SMILES string of the molecule is CC(=O)O[C@]1(C)CC[C@H]2[C@H](CC[C@@H]3[C@@H]2CC[C@]2(C)C(=O)C(C(=O)O)CC[C@@H]32)C1. The summed E-state index contributed by atoms with van der Waals surface area (Å²) in [6.07, 6.45) is 8.54. The summed E-state index contributed by atoms with van der Waals surface area (Å²) in [5.74, 6) is 0.885. The van der Waals surface area contributed by atoms with Gasteiger partial charge in [-0.2, -0.15) is 0 Å². The highest BCUT2D eigenvalue weighted by Crippen LogP contribution is 2.61. The molecular weight excluding hydrogens is 356 g/mol. The van der Waals surface area contributed by atoms with Gasteiger partial charge in [0.1, 0.15) is 11.5 Å². The number of Topliss-reactive ketones (excluding diaryl/α,β-unsaturated/α-hetero) is 1. The monoisotopic (exact) mass is 390 g/mol. The first-order valence-corrected chi connectivity index (χ1v) is 11.1. The van der Waals surface area contributed by atoms with E-state index in [1.807, 2.05) is 0 Å². The lowest BCUT2D eigenvalue weighted by Gasteiger charge is -2.59. The Morgan fingerprint density at radius 2 is 1.68 bits per heavy atom. The van der Waals surface area contributed by atoms with E-state index in [2.05, 4.69) is 13.8 Å². The molecule has 0 amide bonds. The van der Waals surface area contributed by atoms with Crippen molar-refractivity contribution in [3.8, 4) is 0 Å². The van der Waals surface area contributed by atoms with Crippen LogP contribution in [0.4, 0.5) is 0 Å². The highest BCUT2D eigenvalue weighted by atomic mass is 16.6. The van der Waals surface area contributed by atoms with E-state index < -0.39 is 17.3 Å². The van der Waals surface area contributed by atoms with Gasteiger partial charge in [-0.25, -0.2) is 0 Å². The summed E-state index contributed by atoms with van der Waals surface area (Å²) in [6.45, 7) is 5.64. The molecule has 28 heavy (non-hydrogen) atoms. The average Bonchev–Trinajstić information content (AvgIpc) is 2.60. The molecule has 0 bridgehead atoms. The van der Waals surface area contributed by atoms with Crippen LogP contribution in [0.25, 0.3) is 0 Å². The van der Waals surface area contributed by atoms with Crippen LogP contribution >= 0.6 is 0 Å². The van der Waals surface area contributed by atoms with Crippen molar-refractivity contribution < 1.29 is 24.2 Å². The Morgan fingerprint density at radius 1 is 0.964 bits per heavy atom. The van der Waals surface area contributed by atoms with E-state index in [-0.39, 0.29) is 17.4 Å². The molecule has 0 aromatic rings. The molecule has 0 aromatic heterocycles. The Labute approximate surface area is 167 Å². The molecule has 0 radical (unpaired) electrons. The highest BCUT2D eigenvalue weighted by Gasteiger charge is 2.59. The number of carbonyl (C=O) groups excluding carboxylic acids is 2. The maximum Gasteiger partial charge on any atom is 0.314 e. The minimum absolute atomic E-state index is 0.0112. The zero-order valence-corrected chi connectivity index (χ0v) is 17.4. The molecular formula is C23H34O5. The average molecular weight is 391 g/mol. The zero-order chi connectivity index (χ0) is 20.3. The lowest BCUT2D eigenvalue weighted by atomic mass is 9.45. The molecule has 8 atom stereocenters. The van der Waals surface area contributed by atoms with Crippen molar-refractivity contribution in [2.24, 2.45) is 40.9 Å². The maximum absolute atomic E-state index is 13.0. The number of ketones is 1. The van der Waals surface area contributed by atoms with Crippen LogP contribution in [0.2, 0.25) is 0 Å². The third-order valence-corrected chi connectivity index (χ3v) is 8.94. The number of carboxylic acid groups (broad SMARTS) is 1. The van der Waals surface area contributed by atoms with E-state index in [9.17, 15) is 19.5 Å². The van der Waals surface area contributed by atoms with Crippen molar-refractivity contribution >= 4 is 17.7 Å². The number of fused-ring (bicyclic) bond motifs is 5. The highest BCUT2D eigenvalue weighted by molar-refractivity contribution is 6.02. The zero-order valence-electron chi connectivity index (χ0n) is 17.4. The van der Waals surface area contributed by atoms with Gasteiger partial charge in [0.25, 0.3) is 0 Å². The maximum atomic E-state index is 13.0. The molecule has 4 rings (SSSR count). The van der Waals surface area contributed by atoms with Crippen molar-refractivity contribution in [2.45, 2.75) is 84.2 Å². The van der Waals surface area contributed by atoms with Gasteiger partial charge in [0, 0.05) is 12.3 Å². The summed E-state index contributed by atoms with van der Waals surface area (Å²) in [4.78, 5) is 36.1. The fourth-order valence-electron chi connectivity index (χ4n) is 7.78. The van der Waals surface area contributed by atoms with Crippen molar-refractivity contribution in [2.75, 3.05) is 0 Å². The quantitative estimate of drug-likeness (QED) is 0.564. The number of carboxylic acids is 1. The fraction of sp³-hybridized carbons (Fsp3) is 0.870. The molecule has 4 saturated carbocycles. The second kappa shape index (κ2) is 6.84. The van der Waals surface area contributed by atoms with Crippen LogP contribution in [0, 0.1) is 40.9 Å². The Bertz CT molecular complexity index is 686. The number of rotatable bonds is 2. The Hall–Kier alpha value is -1.39. The van der Waals surface area contributed by atoms with Crippen LogP contribution in [-0.4, -0.2) is 28.4 Å². The molecule has 1 unspecified atom stereocenters. The molecule has 0 heterocycles. The molecule has 4 fully saturated rings. The van der Waals surface area contributed by atoms with Crippen LogP contribution in [0.5, 0.6) is 0 Å². The molecule has 156 valence electrons. The van der Waals surface area contributed by atoms with Crippen LogP contribution < -0.4 is 0 Å². The van der Waals surface area contributed by atoms with Gasteiger partial charge in [-0.05, 0) is 94.3 Å². The van der Waals surface area contributed by atoms with Gasteiger partial charge in [0.05, 0.1) is 0 Å². The van der Waals surface area contributed by atoms with Gasteiger partial charge in [-0.3, -0.25) is 14.4 Å². The Balaban J connectivity index is 1.51. The number of carbonyl (C=O) groups is 3. The van der Waals surface area contributed by atoms with Crippen LogP contribution in [0.3, 0.4) is 0 Å². The smallest absolute Gasteiger partial charge is 0.314 e. The summed E-state index contributed by atoms with van der Waals surface area (Å²) in [6, 6.07) is 0. The second-order valence-electron chi connectivity index (χ2n) is 10.5. The number of esters is 1. The third-order valence-electron chi connectivity index (χ3n) is 8.94. The van der Waals surface area contributed by atoms with Gasteiger partial charge in [-0.1, -0.05) is 6.92 Å².